The first kappa shape index (κ1) is 9.45. The van der Waals surface area contributed by atoms with E-state index in [1.807, 2.05) is 24.3 Å². The molecule has 0 unspecified atom stereocenters. The summed E-state index contributed by atoms with van der Waals surface area (Å²) in [5.41, 5.74) is 6.09. The van der Waals surface area contributed by atoms with E-state index >= 15 is 0 Å². The fourth-order valence-electron chi connectivity index (χ4n) is 1.43. The number of para-hydroxylation sites is 1. The second-order valence-corrected chi connectivity index (χ2v) is 3.10. The average molecular weight is 202 g/mol. The van der Waals surface area contributed by atoms with Gasteiger partial charge in [-0.2, -0.15) is 0 Å². The van der Waals surface area contributed by atoms with Gasteiger partial charge >= 0.3 is 0 Å². The lowest BCUT2D eigenvalue weighted by atomic mass is 10.2. The van der Waals surface area contributed by atoms with Gasteiger partial charge < -0.3 is 10.5 Å². The van der Waals surface area contributed by atoms with Gasteiger partial charge in [0.15, 0.2) is 11.4 Å². The maximum atomic E-state index is 11.1. The molecule has 0 aliphatic rings. The highest BCUT2D eigenvalue weighted by molar-refractivity contribution is 5.96. The summed E-state index contributed by atoms with van der Waals surface area (Å²) in [4.78, 5) is 15.3. The molecule has 1 amide bonds. The fourth-order valence-corrected chi connectivity index (χ4v) is 1.43. The van der Waals surface area contributed by atoms with Crippen molar-refractivity contribution in [1.82, 2.24) is 4.98 Å². The summed E-state index contributed by atoms with van der Waals surface area (Å²) in [5.74, 6) is -0.182. The highest BCUT2D eigenvalue weighted by Crippen LogP contribution is 2.22. The van der Waals surface area contributed by atoms with Crippen LogP contribution in [0, 0.1) is 0 Å². The van der Waals surface area contributed by atoms with Crippen molar-refractivity contribution in [2.45, 2.75) is 0 Å². The first-order valence-corrected chi connectivity index (χ1v) is 4.46. The molecule has 76 valence electrons. The highest BCUT2D eigenvalue weighted by Gasteiger charge is 2.11. The number of primary amides is 1. The second-order valence-electron chi connectivity index (χ2n) is 3.10. The number of rotatable bonds is 2. The van der Waals surface area contributed by atoms with Crippen LogP contribution in [0.5, 0.6) is 5.75 Å². The first-order valence-electron chi connectivity index (χ1n) is 4.46. The van der Waals surface area contributed by atoms with E-state index in [1.165, 1.54) is 7.11 Å². The number of carbonyl (C=O) groups is 1. The molecule has 0 spiro atoms. The minimum atomic E-state index is -0.586. The molecule has 1 aromatic heterocycles. The third-order valence-corrected chi connectivity index (χ3v) is 2.14. The van der Waals surface area contributed by atoms with E-state index in [9.17, 15) is 4.79 Å². The summed E-state index contributed by atoms with van der Waals surface area (Å²) < 4.78 is 5.05. The van der Waals surface area contributed by atoms with Crippen LogP contribution in [0.1, 0.15) is 10.5 Å². The Hall–Kier alpha value is -2.10. The molecule has 0 bridgehead atoms. The van der Waals surface area contributed by atoms with Gasteiger partial charge in [0.2, 0.25) is 0 Å². The Morgan fingerprint density at radius 3 is 2.80 bits per heavy atom. The van der Waals surface area contributed by atoms with Crippen LogP contribution in [0.3, 0.4) is 0 Å². The second kappa shape index (κ2) is 3.57. The van der Waals surface area contributed by atoms with E-state index in [1.54, 1.807) is 6.07 Å². The van der Waals surface area contributed by atoms with Crippen molar-refractivity contribution in [3.63, 3.8) is 0 Å². The summed E-state index contributed by atoms with van der Waals surface area (Å²) in [6, 6.07) is 9.22. The van der Waals surface area contributed by atoms with Gasteiger partial charge in [0.05, 0.1) is 12.6 Å². The van der Waals surface area contributed by atoms with Crippen LogP contribution in [0.4, 0.5) is 0 Å². The van der Waals surface area contributed by atoms with Crippen molar-refractivity contribution >= 4 is 16.8 Å². The van der Waals surface area contributed by atoms with Gasteiger partial charge in [-0.15, -0.1) is 0 Å². The lowest BCUT2D eigenvalue weighted by Crippen LogP contribution is -2.14. The molecule has 4 nitrogen and oxygen atoms in total. The zero-order valence-electron chi connectivity index (χ0n) is 8.23. The largest absolute Gasteiger partial charge is 0.494 e. The fraction of sp³-hybridized carbons (Fsp3) is 0.0909. The Labute approximate surface area is 86.7 Å². The summed E-state index contributed by atoms with van der Waals surface area (Å²) in [6.45, 7) is 0. The molecule has 2 rings (SSSR count). The monoisotopic (exact) mass is 202 g/mol. The molecule has 2 N–H and O–H groups in total. The van der Waals surface area contributed by atoms with Crippen molar-refractivity contribution in [2.75, 3.05) is 7.11 Å². The number of ether oxygens (including phenoxy) is 1. The van der Waals surface area contributed by atoms with E-state index in [0.717, 1.165) is 10.9 Å². The molecule has 0 aliphatic carbocycles. The molecule has 0 atom stereocenters. The number of nitrogens with zero attached hydrogens (tertiary/aromatic N) is 1. The van der Waals surface area contributed by atoms with Crippen molar-refractivity contribution in [3.05, 3.63) is 36.0 Å². The number of carbonyl (C=O) groups excluding carboxylic acids is 1. The smallest absolute Gasteiger partial charge is 0.271 e. The average Bonchev–Trinajstić information content (AvgIpc) is 2.27. The van der Waals surface area contributed by atoms with Gasteiger partial charge in [-0.25, -0.2) is 4.98 Å². The standard InChI is InChI=1S/C11H10N2O2/c1-15-9-6-7-4-2-3-5-8(7)13-10(9)11(12)14/h2-6H,1H3,(H2,12,14). The van der Waals surface area contributed by atoms with Crippen LogP contribution in [-0.4, -0.2) is 18.0 Å². The topological polar surface area (TPSA) is 65.2 Å². The van der Waals surface area contributed by atoms with E-state index in [4.69, 9.17) is 10.5 Å². The SMILES string of the molecule is COc1cc2ccccc2nc1C(N)=O. The van der Waals surface area contributed by atoms with Crippen LogP contribution >= 0.6 is 0 Å². The zero-order chi connectivity index (χ0) is 10.8. The van der Waals surface area contributed by atoms with Crippen LogP contribution in [0.25, 0.3) is 10.9 Å². The first-order chi connectivity index (χ1) is 7.22. The van der Waals surface area contributed by atoms with Crippen LogP contribution in [-0.2, 0) is 0 Å². The van der Waals surface area contributed by atoms with Gasteiger partial charge in [-0.1, -0.05) is 18.2 Å². The molecule has 0 saturated carbocycles. The molecule has 1 heterocycles. The third kappa shape index (κ3) is 1.61. The number of hydrogen-bond donors (Lipinski definition) is 1. The number of hydrogen-bond acceptors (Lipinski definition) is 3. The van der Waals surface area contributed by atoms with Crippen molar-refractivity contribution in [2.24, 2.45) is 5.73 Å². The number of pyridine rings is 1. The molecule has 0 radical (unpaired) electrons. The van der Waals surface area contributed by atoms with E-state index in [-0.39, 0.29) is 5.69 Å². The molecule has 0 saturated heterocycles. The van der Waals surface area contributed by atoms with E-state index < -0.39 is 5.91 Å². The van der Waals surface area contributed by atoms with Gasteiger partial charge in [0.25, 0.3) is 5.91 Å². The Kier molecular flexibility index (Phi) is 2.25. The molecular weight excluding hydrogens is 192 g/mol. The Morgan fingerprint density at radius 2 is 2.13 bits per heavy atom. The highest BCUT2D eigenvalue weighted by atomic mass is 16.5. The molecule has 0 fully saturated rings. The molecule has 2 aromatic rings. The van der Waals surface area contributed by atoms with E-state index in [2.05, 4.69) is 4.98 Å². The Balaban J connectivity index is 2.74. The molecule has 4 heteroatoms. The predicted molar refractivity (Wildman–Crippen MR) is 56.8 cm³/mol. The molecule has 0 aliphatic heterocycles. The normalized spacial score (nSPS) is 10.2. The lowest BCUT2D eigenvalue weighted by Gasteiger charge is -2.06. The van der Waals surface area contributed by atoms with Crippen molar-refractivity contribution < 1.29 is 9.53 Å². The molecule has 15 heavy (non-hydrogen) atoms. The number of fused-ring (bicyclic) bond motifs is 1. The number of nitrogens with two attached hydrogens (primary N) is 1. The Bertz CT molecular complexity index is 523. The third-order valence-electron chi connectivity index (χ3n) is 2.14. The van der Waals surface area contributed by atoms with Crippen molar-refractivity contribution in [1.29, 1.82) is 0 Å². The summed E-state index contributed by atoms with van der Waals surface area (Å²) in [6.07, 6.45) is 0. The minimum absolute atomic E-state index is 0.163. The quantitative estimate of drug-likeness (QED) is 0.799. The molecular formula is C11H10N2O2. The molecule has 1 aromatic carbocycles. The lowest BCUT2D eigenvalue weighted by molar-refractivity contribution is 0.0993. The summed E-state index contributed by atoms with van der Waals surface area (Å²) in [5, 5.41) is 0.916. The predicted octanol–water partition coefficient (Wildman–Crippen LogP) is 1.34. The number of methoxy groups -OCH3 is 1. The number of amides is 1. The number of benzene rings is 1. The van der Waals surface area contributed by atoms with Gasteiger partial charge in [-0.3, -0.25) is 4.79 Å². The maximum absolute atomic E-state index is 11.1. The zero-order valence-corrected chi connectivity index (χ0v) is 8.23. The van der Waals surface area contributed by atoms with Crippen LogP contribution in [0.15, 0.2) is 30.3 Å². The van der Waals surface area contributed by atoms with Gasteiger partial charge in [0, 0.05) is 5.39 Å². The maximum Gasteiger partial charge on any atom is 0.271 e. The summed E-state index contributed by atoms with van der Waals surface area (Å²) in [7, 11) is 1.48. The van der Waals surface area contributed by atoms with E-state index in [0.29, 0.717) is 5.75 Å². The van der Waals surface area contributed by atoms with Crippen molar-refractivity contribution in [3.8, 4) is 5.75 Å². The van der Waals surface area contributed by atoms with Crippen LogP contribution in [0.2, 0.25) is 0 Å². The summed E-state index contributed by atoms with van der Waals surface area (Å²) >= 11 is 0. The minimum Gasteiger partial charge on any atom is -0.494 e. The Morgan fingerprint density at radius 1 is 1.40 bits per heavy atom. The van der Waals surface area contributed by atoms with Crippen LogP contribution < -0.4 is 10.5 Å². The van der Waals surface area contributed by atoms with Gasteiger partial charge in [-0.05, 0) is 12.1 Å². The van der Waals surface area contributed by atoms with Gasteiger partial charge in [0.1, 0.15) is 0 Å². The number of aromatic nitrogens is 1.